The van der Waals surface area contributed by atoms with Crippen molar-refractivity contribution in [1.82, 2.24) is 9.55 Å². The second kappa shape index (κ2) is 4.20. The zero-order valence-electron chi connectivity index (χ0n) is 8.37. The molecule has 1 fully saturated rings. The minimum absolute atomic E-state index is 0.123. The van der Waals surface area contributed by atoms with Gasteiger partial charge in [-0.3, -0.25) is 14.3 Å². The highest BCUT2D eigenvalue weighted by molar-refractivity contribution is 4.93. The molecular formula is C9H12N2O5. The molecule has 1 aromatic rings. The van der Waals surface area contributed by atoms with E-state index in [0.29, 0.717) is 0 Å². The predicted molar refractivity (Wildman–Crippen MR) is 53.2 cm³/mol. The van der Waals surface area contributed by atoms with Crippen LogP contribution in [0, 0.1) is 0 Å². The molecule has 0 aromatic carbocycles. The van der Waals surface area contributed by atoms with Crippen molar-refractivity contribution in [2.45, 2.75) is 18.2 Å². The van der Waals surface area contributed by atoms with Crippen LogP contribution in [0.15, 0.2) is 21.9 Å². The number of rotatable bonds is 2. The van der Waals surface area contributed by atoms with Crippen LogP contribution >= 0.6 is 0 Å². The van der Waals surface area contributed by atoms with Crippen LogP contribution < -0.4 is 11.2 Å². The molecule has 3 atom stereocenters. The number of ether oxygens (including phenoxy) is 1. The van der Waals surface area contributed by atoms with Gasteiger partial charge in [0.15, 0.2) is 0 Å². The van der Waals surface area contributed by atoms with Gasteiger partial charge in [-0.1, -0.05) is 0 Å². The number of hydrogen-bond acceptors (Lipinski definition) is 5. The fourth-order valence-electron chi connectivity index (χ4n) is 1.76. The molecular weight excluding hydrogens is 216 g/mol. The molecule has 3 N–H and O–H groups in total. The summed E-state index contributed by atoms with van der Waals surface area (Å²) >= 11 is 0. The molecule has 0 amide bonds. The normalized spacial score (nSPS) is 29.5. The zero-order chi connectivity index (χ0) is 11.7. The van der Waals surface area contributed by atoms with E-state index in [-0.39, 0.29) is 13.2 Å². The first-order valence-electron chi connectivity index (χ1n) is 4.85. The third-order valence-corrected chi connectivity index (χ3v) is 2.64. The van der Waals surface area contributed by atoms with Crippen molar-refractivity contribution < 1.29 is 14.9 Å². The molecule has 7 heteroatoms. The SMILES string of the molecule is O=c1ccn([C@@H]2CO[C@H](CO)[C@@H]2O)c(=O)[nH]1. The number of nitrogens with one attached hydrogen (secondary N) is 1. The van der Waals surface area contributed by atoms with Crippen molar-refractivity contribution in [3.05, 3.63) is 33.1 Å². The maximum atomic E-state index is 11.4. The van der Waals surface area contributed by atoms with Crippen LogP contribution in [-0.4, -0.2) is 45.2 Å². The van der Waals surface area contributed by atoms with E-state index < -0.39 is 29.5 Å². The summed E-state index contributed by atoms with van der Waals surface area (Å²) in [4.78, 5) is 24.4. The van der Waals surface area contributed by atoms with Gasteiger partial charge in [-0.15, -0.1) is 0 Å². The van der Waals surface area contributed by atoms with Crippen molar-refractivity contribution in [3.63, 3.8) is 0 Å². The summed E-state index contributed by atoms with van der Waals surface area (Å²) in [7, 11) is 0. The molecule has 1 aromatic heterocycles. The van der Waals surface area contributed by atoms with Crippen molar-refractivity contribution in [3.8, 4) is 0 Å². The van der Waals surface area contributed by atoms with Crippen LogP contribution in [-0.2, 0) is 4.74 Å². The average molecular weight is 228 g/mol. The van der Waals surface area contributed by atoms with E-state index in [1.165, 1.54) is 16.8 Å². The molecule has 0 bridgehead atoms. The number of hydrogen-bond donors (Lipinski definition) is 3. The van der Waals surface area contributed by atoms with Crippen LogP contribution in [0.1, 0.15) is 6.04 Å². The van der Waals surface area contributed by atoms with E-state index in [1.807, 2.05) is 0 Å². The van der Waals surface area contributed by atoms with Crippen molar-refractivity contribution in [1.29, 1.82) is 0 Å². The van der Waals surface area contributed by atoms with E-state index in [2.05, 4.69) is 4.98 Å². The third kappa shape index (κ3) is 1.80. The molecule has 0 unspecified atom stereocenters. The Kier molecular flexibility index (Phi) is 2.90. The van der Waals surface area contributed by atoms with Crippen LogP contribution in [0.2, 0.25) is 0 Å². The summed E-state index contributed by atoms with van der Waals surface area (Å²) in [6.45, 7) is -0.186. The number of nitrogens with zero attached hydrogens (tertiary/aromatic N) is 1. The Bertz CT molecular complexity index is 479. The molecule has 0 spiro atoms. The highest BCUT2D eigenvalue weighted by Gasteiger charge is 2.36. The van der Waals surface area contributed by atoms with Crippen LogP contribution in [0.3, 0.4) is 0 Å². The second-order valence-electron chi connectivity index (χ2n) is 3.63. The van der Waals surface area contributed by atoms with Gasteiger partial charge in [-0.05, 0) is 0 Å². The first kappa shape index (κ1) is 11.1. The molecule has 7 nitrogen and oxygen atoms in total. The van der Waals surface area contributed by atoms with Gasteiger partial charge in [0.1, 0.15) is 12.2 Å². The lowest BCUT2D eigenvalue weighted by molar-refractivity contribution is 0.00189. The van der Waals surface area contributed by atoms with Crippen molar-refractivity contribution in [2.75, 3.05) is 13.2 Å². The Morgan fingerprint density at radius 1 is 1.56 bits per heavy atom. The molecule has 1 saturated heterocycles. The lowest BCUT2D eigenvalue weighted by Gasteiger charge is -2.17. The summed E-state index contributed by atoms with van der Waals surface area (Å²) < 4.78 is 6.31. The van der Waals surface area contributed by atoms with E-state index in [4.69, 9.17) is 9.84 Å². The molecule has 2 rings (SSSR count). The molecule has 88 valence electrons. The van der Waals surface area contributed by atoms with Gasteiger partial charge in [0, 0.05) is 12.3 Å². The summed E-state index contributed by atoms with van der Waals surface area (Å²) in [5.74, 6) is 0. The van der Waals surface area contributed by atoms with Crippen molar-refractivity contribution >= 4 is 0 Å². The van der Waals surface area contributed by atoms with Gasteiger partial charge in [0.2, 0.25) is 0 Å². The first-order chi connectivity index (χ1) is 7.63. The fraction of sp³-hybridized carbons (Fsp3) is 0.556. The minimum Gasteiger partial charge on any atom is -0.394 e. The topological polar surface area (TPSA) is 105 Å². The predicted octanol–water partition coefficient (Wildman–Crippen LogP) is -2.17. The number of H-pyrrole nitrogens is 1. The maximum absolute atomic E-state index is 11.4. The molecule has 2 heterocycles. The fourth-order valence-corrected chi connectivity index (χ4v) is 1.76. The van der Waals surface area contributed by atoms with Crippen LogP contribution in [0.4, 0.5) is 0 Å². The molecule has 0 aliphatic carbocycles. The minimum atomic E-state index is -0.964. The summed E-state index contributed by atoms with van der Waals surface area (Å²) in [5, 5.41) is 18.6. The standard InChI is InChI=1S/C9H12N2O5/c12-3-6-8(14)5(4-16-6)11-2-1-7(13)10-9(11)15/h1-2,5-6,8,12,14H,3-4H2,(H,10,13,15)/t5-,6-,8-/m1/s1. The highest BCUT2D eigenvalue weighted by Crippen LogP contribution is 2.22. The van der Waals surface area contributed by atoms with Crippen molar-refractivity contribution in [2.24, 2.45) is 0 Å². The maximum Gasteiger partial charge on any atom is 0.328 e. The quantitative estimate of drug-likeness (QED) is 0.534. The zero-order valence-corrected chi connectivity index (χ0v) is 8.37. The molecule has 0 radical (unpaired) electrons. The van der Waals surface area contributed by atoms with Crippen LogP contribution in [0.5, 0.6) is 0 Å². The second-order valence-corrected chi connectivity index (χ2v) is 3.63. The third-order valence-electron chi connectivity index (χ3n) is 2.64. The molecule has 1 aliphatic heterocycles. The lowest BCUT2D eigenvalue weighted by atomic mass is 10.1. The van der Waals surface area contributed by atoms with Gasteiger partial charge in [-0.25, -0.2) is 4.79 Å². The Morgan fingerprint density at radius 3 is 2.88 bits per heavy atom. The first-order valence-corrected chi connectivity index (χ1v) is 4.85. The molecule has 16 heavy (non-hydrogen) atoms. The number of aromatic amines is 1. The molecule has 1 aliphatic rings. The highest BCUT2D eigenvalue weighted by atomic mass is 16.5. The summed E-state index contributed by atoms with van der Waals surface area (Å²) in [5.41, 5.74) is -1.09. The van der Waals surface area contributed by atoms with Gasteiger partial charge in [-0.2, -0.15) is 0 Å². The van der Waals surface area contributed by atoms with E-state index in [9.17, 15) is 14.7 Å². The van der Waals surface area contributed by atoms with Gasteiger partial charge >= 0.3 is 5.69 Å². The lowest BCUT2D eigenvalue weighted by Crippen LogP contribution is -2.38. The van der Waals surface area contributed by atoms with Gasteiger partial charge in [0.05, 0.1) is 19.3 Å². The number of aromatic nitrogens is 2. The smallest absolute Gasteiger partial charge is 0.328 e. The Morgan fingerprint density at radius 2 is 2.31 bits per heavy atom. The van der Waals surface area contributed by atoms with E-state index in [1.54, 1.807) is 0 Å². The van der Waals surface area contributed by atoms with Crippen LogP contribution in [0.25, 0.3) is 0 Å². The number of aliphatic hydroxyl groups is 2. The molecule has 0 saturated carbocycles. The van der Waals surface area contributed by atoms with Gasteiger partial charge in [0.25, 0.3) is 5.56 Å². The largest absolute Gasteiger partial charge is 0.394 e. The average Bonchev–Trinajstić information content (AvgIpc) is 2.60. The Labute approximate surface area is 89.9 Å². The monoisotopic (exact) mass is 228 g/mol. The van der Waals surface area contributed by atoms with E-state index in [0.717, 1.165) is 0 Å². The number of aliphatic hydroxyl groups excluding tert-OH is 2. The summed E-state index contributed by atoms with van der Waals surface area (Å²) in [6.07, 6.45) is -0.351. The summed E-state index contributed by atoms with van der Waals surface area (Å²) in [6, 6.07) is 0.613. The van der Waals surface area contributed by atoms with Gasteiger partial charge < -0.3 is 14.9 Å². The Balaban J connectivity index is 2.32. The van der Waals surface area contributed by atoms with E-state index >= 15 is 0 Å². The Hall–Kier alpha value is -1.44.